The number of nitrogens with two attached hydrogens (primary N) is 1. The maximum atomic E-state index is 12.5. The standard InChI is InChI=1S/C28H49N5O13S3.C22H42N4O12S2.C4H6OS.C2H2ClN.CH4/c29-3-11-47-10-1-2-18(36)30-4-7-33(8-5-31-19(37)14-48-27-25(43)23(41)21(39)16(12-34)45-27)9-6-32-20(38)15-49-28-26(44)24(42)22(40)17(13-35)46-28;23-1-4-26(5-2-24-13(29)9-39-21-19(35)17(33)15(31)11(7-27)37-21)6-3-25-14(30)10-40-22-20(36)18(34)16(32)12(8-28)38-22;5-4-2-1-3-6-4;3-1-2-4;/h16-17,21-28,34-35,39-44H,1-2,4-15H2,(H,30,36)(H,31,37)(H,32,38);11-12,15-22,27-28,31-36H,1-10,23H2,(H,24,29)(H,25,30);1-3H2;1H2;1H4. The Morgan fingerprint density at radius 3 is 1.01 bits per heavy atom. The second-order valence-corrected chi connectivity index (χ2v) is 29.1. The number of carbonyl (C=O) groups excluding carboxylic acids is 6. The Morgan fingerprint density at radius 2 is 0.780 bits per heavy atom. The number of hydrogen-bond donors (Lipinski definition) is 22. The molecule has 0 aliphatic carbocycles. The highest BCUT2D eigenvalue weighted by molar-refractivity contribution is 8.14. The second-order valence-electron chi connectivity index (χ2n) is 22.2. The summed E-state index contributed by atoms with van der Waals surface area (Å²) < 4.78 is 21.5. The molecule has 0 spiro atoms. The number of ether oxygens (including phenoxy) is 4. The number of nitrogens with zero attached hydrogens (tertiary/aromatic N) is 4. The highest BCUT2D eigenvalue weighted by Gasteiger charge is 2.47. The van der Waals surface area contributed by atoms with Crippen LogP contribution < -0.4 is 32.3 Å². The third kappa shape index (κ3) is 36.2. The monoisotopic (exact) mass is 1570 g/mol. The molecule has 23 N–H and O–H groups in total. The number of nitrogens with one attached hydrogen (secondary N) is 5. The molecule has 0 aromatic carbocycles. The zero-order valence-corrected chi connectivity index (χ0v) is 59.9. The predicted molar refractivity (Wildman–Crippen MR) is 374 cm³/mol. The van der Waals surface area contributed by atoms with Crippen LogP contribution in [0, 0.1) is 22.7 Å². The van der Waals surface area contributed by atoms with E-state index in [4.69, 9.17) is 46.8 Å². The van der Waals surface area contributed by atoms with Crippen molar-refractivity contribution in [1.82, 2.24) is 36.4 Å². The first kappa shape index (κ1) is 95.5. The summed E-state index contributed by atoms with van der Waals surface area (Å²) in [6, 6.07) is 3.73. The predicted octanol–water partition coefficient (Wildman–Crippen LogP) is -9.29. The molecule has 0 bridgehead atoms. The number of aliphatic hydroxyl groups excluding tert-OH is 16. The summed E-state index contributed by atoms with van der Waals surface area (Å²) in [5, 5.41) is 187. The highest BCUT2D eigenvalue weighted by Crippen LogP contribution is 2.32. The van der Waals surface area contributed by atoms with Crippen molar-refractivity contribution < 1.29 is 129 Å². The molecular weight excluding hydrogens is 1470 g/mol. The first-order chi connectivity index (χ1) is 47.3. The van der Waals surface area contributed by atoms with E-state index < -0.39 is 158 Å². The van der Waals surface area contributed by atoms with Gasteiger partial charge in [-0.2, -0.15) is 10.5 Å². The number of thioether (sulfide) groups is 6. The average Bonchev–Trinajstić information content (AvgIpc) is 0.885. The van der Waals surface area contributed by atoms with Crippen molar-refractivity contribution in [2.75, 3.05) is 151 Å². The van der Waals surface area contributed by atoms with Gasteiger partial charge in [0.05, 0.1) is 67.3 Å². The van der Waals surface area contributed by atoms with E-state index in [1.54, 1.807) is 6.07 Å². The molecule has 5 saturated heterocycles. The summed E-state index contributed by atoms with van der Waals surface area (Å²) in [6.45, 7) is 1.75. The lowest BCUT2D eigenvalue weighted by Crippen LogP contribution is -2.57. The van der Waals surface area contributed by atoms with E-state index in [-0.39, 0.29) is 80.2 Å². The number of nitriles is 2. The molecule has 5 rings (SSSR count). The molecule has 0 saturated carbocycles. The van der Waals surface area contributed by atoms with Gasteiger partial charge < -0.3 is 133 Å². The van der Waals surface area contributed by atoms with Gasteiger partial charge in [-0.25, -0.2) is 0 Å². The number of rotatable bonds is 38. The van der Waals surface area contributed by atoms with Crippen LogP contribution in [0.1, 0.15) is 33.1 Å². The van der Waals surface area contributed by atoms with Crippen molar-refractivity contribution in [3.8, 4) is 12.1 Å². The molecular formula is C57H103ClN10O26S6. The minimum absolute atomic E-state index is 0. The molecule has 0 aromatic heterocycles. The van der Waals surface area contributed by atoms with Gasteiger partial charge in [0.2, 0.25) is 29.5 Å². The van der Waals surface area contributed by atoms with Crippen molar-refractivity contribution in [1.29, 1.82) is 10.5 Å². The van der Waals surface area contributed by atoms with Gasteiger partial charge in [-0.3, -0.25) is 38.6 Å². The fourth-order valence-corrected chi connectivity index (χ4v) is 14.7. The molecule has 5 heterocycles. The minimum atomic E-state index is -1.55. The van der Waals surface area contributed by atoms with Crippen molar-refractivity contribution in [3.63, 3.8) is 0 Å². The van der Waals surface area contributed by atoms with Gasteiger partial charge in [0.15, 0.2) is 5.12 Å². The number of amides is 5. The van der Waals surface area contributed by atoms with E-state index in [2.05, 4.69) is 26.6 Å². The number of alkyl halides is 1. The smallest absolute Gasteiger partial charge is 0.230 e. The van der Waals surface area contributed by atoms with Crippen LogP contribution in [0.3, 0.4) is 0 Å². The molecule has 0 aromatic rings. The Bertz CT molecular complexity index is 2280. The first-order valence-electron chi connectivity index (χ1n) is 31.5. The molecule has 580 valence electrons. The summed E-state index contributed by atoms with van der Waals surface area (Å²) in [4.78, 5) is 75.7. The van der Waals surface area contributed by atoms with Crippen LogP contribution >= 0.6 is 82.2 Å². The van der Waals surface area contributed by atoms with Crippen LogP contribution in [0.2, 0.25) is 0 Å². The Hall–Kier alpha value is -2.53. The van der Waals surface area contributed by atoms with Gasteiger partial charge in [-0.1, -0.05) is 19.2 Å². The average molecular weight is 1570 g/mol. The fraction of sp³-hybridized carbons (Fsp3) is 0.860. The molecule has 43 heteroatoms. The van der Waals surface area contributed by atoms with E-state index >= 15 is 0 Å². The SMILES string of the molecule is C.N#CCCl.N#CCSCCCC(=O)NCCN(CCNC(=O)CSC1OC(CO)C(O)C(O)C1O)CCNC(=O)CSC1OC(CO)C(O)C(O)C1O.NCCN(CCNC(=O)CSC1OC(CO)C(O)C(O)C1O)CCNC(=O)CSC1OC(CO)C(O)C(O)C1O.O=C1CCCS1. The molecule has 36 nitrogen and oxygen atoms in total. The normalized spacial score (nSPS) is 30.1. The Kier molecular flexibility index (Phi) is 52.5. The van der Waals surface area contributed by atoms with Gasteiger partial charge in [-0.15, -0.1) is 70.4 Å². The number of carbonyl (C=O) groups is 6. The molecule has 5 amide bonds. The number of halogens is 1. The van der Waals surface area contributed by atoms with Gasteiger partial charge in [-0.05, 0) is 18.6 Å². The van der Waals surface area contributed by atoms with Crippen LogP contribution in [0.4, 0.5) is 0 Å². The van der Waals surface area contributed by atoms with E-state index in [0.29, 0.717) is 81.8 Å². The summed E-state index contributed by atoms with van der Waals surface area (Å²) in [5.74, 6) is 0.0730. The van der Waals surface area contributed by atoms with Gasteiger partial charge in [0, 0.05) is 97.1 Å². The molecule has 100 heavy (non-hydrogen) atoms. The van der Waals surface area contributed by atoms with Gasteiger partial charge in [0.1, 0.15) is 125 Å². The summed E-state index contributed by atoms with van der Waals surface area (Å²) in [5.41, 5.74) is 1.56. The Balaban J connectivity index is 0.000000879. The zero-order chi connectivity index (χ0) is 74.0. The van der Waals surface area contributed by atoms with E-state index in [1.165, 1.54) is 23.5 Å². The topological polar surface area (TPSA) is 603 Å². The highest BCUT2D eigenvalue weighted by atomic mass is 35.5. The lowest BCUT2D eigenvalue weighted by Gasteiger charge is -2.39. The zero-order valence-electron chi connectivity index (χ0n) is 54.3. The quantitative estimate of drug-likeness (QED) is 0.0202. The van der Waals surface area contributed by atoms with Crippen LogP contribution in [0.25, 0.3) is 0 Å². The molecule has 0 radical (unpaired) electrons. The molecule has 20 atom stereocenters. The molecule has 5 fully saturated rings. The van der Waals surface area contributed by atoms with Crippen LogP contribution in [-0.2, 0) is 47.7 Å². The largest absolute Gasteiger partial charge is 0.394 e. The first-order valence-corrected chi connectivity index (χ1v) is 38.3. The fourth-order valence-electron chi connectivity index (χ4n) is 9.29. The Morgan fingerprint density at radius 1 is 0.490 bits per heavy atom. The number of aliphatic hydroxyl groups is 16. The lowest BCUT2D eigenvalue weighted by molar-refractivity contribution is -0.205. The van der Waals surface area contributed by atoms with Crippen LogP contribution in [0.5, 0.6) is 0 Å². The third-order valence-electron chi connectivity index (χ3n) is 14.8. The van der Waals surface area contributed by atoms with Crippen molar-refractivity contribution in [3.05, 3.63) is 0 Å². The lowest BCUT2D eigenvalue weighted by atomic mass is 10.0. The van der Waals surface area contributed by atoms with Crippen molar-refractivity contribution >= 4 is 117 Å². The Labute approximate surface area is 611 Å². The van der Waals surface area contributed by atoms with Gasteiger partial charge >= 0.3 is 0 Å². The van der Waals surface area contributed by atoms with Crippen molar-refractivity contribution in [2.45, 2.75) is 153 Å². The van der Waals surface area contributed by atoms with E-state index in [0.717, 1.165) is 65.6 Å². The van der Waals surface area contributed by atoms with Gasteiger partial charge in [0.25, 0.3) is 0 Å². The van der Waals surface area contributed by atoms with Crippen LogP contribution in [-0.4, -0.2) is 397 Å². The maximum absolute atomic E-state index is 12.5. The third-order valence-corrected chi connectivity index (χ3v) is 21.5. The molecule has 5 aliphatic rings. The van der Waals surface area contributed by atoms with Crippen LogP contribution in [0.15, 0.2) is 0 Å². The maximum Gasteiger partial charge on any atom is 0.230 e. The van der Waals surface area contributed by atoms with Crippen molar-refractivity contribution in [2.24, 2.45) is 5.73 Å². The molecule has 20 unspecified atom stereocenters. The summed E-state index contributed by atoms with van der Waals surface area (Å²) in [6.07, 6.45) is -19.3. The number of hydrogen-bond acceptors (Lipinski definition) is 37. The second kappa shape index (κ2) is 55.0. The van der Waals surface area contributed by atoms with E-state index in [1.807, 2.05) is 15.9 Å². The molecule has 5 aliphatic heterocycles. The summed E-state index contributed by atoms with van der Waals surface area (Å²) in [7, 11) is 0. The minimum Gasteiger partial charge on any atom is -0.394 e. The summed E-state index contributed by atoms with van der Waals surface area (Å²) >= 11 is 11.4. The van der Waals surface area contributed by atoms with E-state index in [9.17, 15) is 110 Å².